The first kappa shape index (κ1) is 31.6. The first-order valence-electron chi connectivity index (χ1n) is 12.2. The summed E-state index contributed by atoms with van der Waals surface area (Å²) >= 11 is 0. The van der Waals surface area contributed by atoms with Crippen LogP contribution in [-0.4, -0.2) is 0 Å². The Balaban J connectivity index is 0. The number of fused-ring (bicyclic) bond motifs is 2. The maximum Gasteiger partial charge on any atom is -0.0184 e. The van der Waals surface area contributed by atoms with E-state index in [0.717, 1.165) is 0 Å². The van der Waals surface area contributed by atoms with Crippen LogP contribution in [0.25, 0.3) is 21.5 Å². The molecule has 32 heavy (non-hydrogen) atoms. The third-order valence-corrected chi connectivity index (χ3v) is 3.32. The van der Waals surface area contributed by atoms with Crippen LogP contribution in [0.5, 0.6) is 0 Å². The van der Waals surface area contributed by atoms with Gasteiger partial charge < -0.3 is 0 Å². The summed E-state index contributed by atoms with van der Waals surface area (Å²) in [5, 5.41) is 5.24. The van der Waals surface area contributed by atoms with Gasteiger partial charge in [-0.15, -0.1) is 0 Å². The largest absolute Gasteiger partial charge is 0.0683 e. The van der Waals surface area contributed by atoms with Gasteiger partial charge in [0.2, 0.25) is 0 Å². The fraction of sp³-hybridized carbons (Fsp3) is 0.375. The van der Waals surface area contributed by atoms with Crippen LogP contribution in [0, 0.1) is 5.41 Å². The van der Waals surface area contributed by atoms with E-state index in [4.69, 9.17) is 0 Å². The molecular formula is C32H48. The highest BCUT2D eigenvalue weighted by atomic mass is 14.0. The molecule has 0 radical (unpaired) electrons. The molecule has 0 N–H and O–H groups in total. The second-order valence-corrected chi connectivity index (χ2v) is 8.40. The van der Waals surface area contributed by atoms with E-state index in [1.807, 2.05) is 27.7 Å². The average molecular weight is 433 g/mol. The van der Waals surface area contributed by atoms with Gasteiger partial charge in [0.25, 0.3) is 0 Å². The van der Waals surface area contributed by atoms with E-state index in [2.05, 4.69) is 139 Å². The minimum absolute atomic E-state index is 0.500. The maximum absolute atomic E-state index is 2.19. The quantitative estimate of drug-likeness (QED) is 0.259. The maximum atomic E-state index is 2.19. The molecule has 0 fully saturated rings. The molecule has 0 aliphatic rings. The van der Waals surface area contributed by atoms with Gasteiger partial charge in [0.15, 0.2) is 0 Å². The van der Waals surface area contributed by atoms with Crippen molar-refractivity contribution in [3.63, 3.8) is 0 Å². The Morgan fingerprint density at radius 3 is 0.594 bits per heavy atom. The zero-order chi connectivity index (χ0) is 24.8. The Labute approximate surface area is 199 Å². The molecule has 4 aromatic carbocycles. The van der Waals surface area contributed by atoms with Crippen molar-refractivity contribution in [2.45, 2.75) is 75.7 Å². The molecule has 0 heteroatoms. The second-order valence-electron chi connectivity index (χ2n) is 8.40. The summed E-state index contributed by atoms with van der Waals surface area (Å²) in [5.74, 6) is 0. The summed E-state index contributed by atoms with van der Waals surface area (Å²) < 4.78 is 0. The van der Waals surface area contributed by atoms with Crippen molar-refractivity contribution in [2.24, 2.45) is 5.41 Å². The van der Waals surface area contributed by atoms with Crippen molar-refractivity contribution < 1.29 is 0 Å². The van der Waals surface area contributed by atoms with E-state index in [1.165, 1.54) is 28.0 Å². The summed E-state index contributed by atoms with van der Waals surface area (Å²) in [7, 11) is 0. The molecule has 176 valence electrons. The van der Waals surface area contributed by atoms with Crippen LogP contribution in [-0.2, 0) is 0 Å². The molecule has 0 spiro atoms. The molecule has 4 rings (SSSR count). The summed E-state index contributed by atoms with van der Waals surface area (Å²) in [5.41, 5.74) is 0.500. The van der Waals surface area contributed by atoms with E-state index >= 15 is 0 Å². The van der Waals surface area contributed by atoms with Gasteiger partial charge >= 0.3 is 0 Å². The Kier molecular flexibility index (Phi) is 20.0. The molecular weight excluding hydrogens is 384 g/mol. The topological polar surface area (TPSA) is 0 Å². The third-order valence-electron chi connectivity index (χ3n) is 3.32. The van der Waals surface area contributed by atoms with Crippen molar-refractivity contribution in [1.29, 1.82) is 0 Å². The Hall–Kier alpha value is -2.60. The summed E-state index contributed by atoms with van der Waals surface area (Å²) in [6, 6.07) is 33.4. The van der Waals surface area contributed by atoms with Gasteiger partial charge in [-0.05, 0) is 27.0 Å². The van der Waals surface area contributed by atoms with Crippen molar-refractivity contribution in [3.05, 3.63) is 97.1 Å². The fourth-order valence-electron chi connectivity index (χ4n) is 2.27. The number of hydrogen-bond acceptors (Lipinski definition) is 0. The Bertz CT molecular complexity index is 705. The lowest BCUT2D eigenvalue weighted by Crippen LogP contribution is -1.93. The van der Waals surface area contributed by atoms with Crippen LogP contribution in [0.4, 0.5) is 0 Å². The first-order chi connectivity index (χ1) is 15.3. The predicted molar refractivity (Wildman–Crippen MR) is 152 cm³/mol. The van der Waals surface area contributed by atoms with Crippen LogP contribution < -0.4 is 0 Å². The molecule has 0 amide bonds. The van der Waals surface area contributed by atoms with Gasteiger partial charge in [0.05, 0.1) is 0 Å². The lowest BCUT2D eigenvalue weighted by atomic mass is 10.0. The van der Waals surface area contributed by atoms with Crippen molar-refractivity contribution in [2.75, 3.05) is 0 Å². The summed E-state index contributed by atoms with van der Waals surface area (Å²) in [6.07, 6.45) is 1.25. The van der Waals surface area contributed by atoms with Crippen LogP contribution in [0.3, 0.4) is 0 Å². The van der Waals surface area contributed by atoms with Gasteiger partial charge in [-0.1, -0.05) is 173 Å². The summed E-state index contributed by atoms with van der Waals surface area (Å²) in [4.78, 5) is 0. The number of rotatable bonds is 0. The average Bonchev–Trinajstić information content (AvgIpc) is 2.82. The van der Waals surface area contributed by atoms with E-state index in [-0.39, 0.29) is 0 Å². The zero-order valence-corrected chi connectivity index (χ0v) is 22.4. The highest BCUT2D eigenvalue weighted by Crippen LogP contribution is 2.12. The van der Waals surface area contributed by atoms with E-state index < -0.39 is 0 Å². The Morgan fingerprint density at radius 2 is 0.500 bits per heavy atom. The van der Waals surface area contributed by atoms with Crippen LogP contribution >= 0.6 is 0 Å². The predicted octanol–water partition coefficient (Wildman–Crippen LogP) is 11.2. The second kappa shape index (κ2) is 20.3. The minimum Gasteiger partial charge on any atom is -0.0683 e. The lowest BCUT2D eigenvalue weighted by molar-refractivity contribution is 0.469. The SMILES string of the molecule is CC.CC.CC(C)(C)C.CCC.c1ccc2ccccc2c1.c1ccc2ccccc2c1. The van der Waals surface area contributed by atoms with Crippen molar-refractivity contribution in [3.8, 4) is 0 Å². The summed E-state index contributed by atoms with van der Waals surface area (Å²) in [6.45, 7) is 21.0. The molecule has 4 aromatic rings. The Morgan fingerprint density at radius 1 is 0.406 bits per heavy atom. The minimum atomic E-state index is 0.500. The van der Waals surface area contributed by atoms with Gasteiger partial charge in [-0.2, -0.15) is 0 Å². The standard InChI is InChI=1S/2C10H8.C5H12.C3H8.2C2H6/c2*1-2-6-10-8-4-3-7-9(10)5-1;1-5(2,3)4;1-3-2;2*1-2/h2*1-8H;1-4H3;3H2,1-2H3;2*1-2H3. The smallest absolute Gasteiger partial charge is 0.0184 e. The molecule has 0 saturated heterocycles. The van der Waals surface area contributed by atoms with Gasteiger partial charge in [0, 0.05) is 0 Å². The van der Waals surface area contributed by atoms with E-state index in [9.17, 15) is 0 Å². The highest BCUT2D eigenvalue weighted by Gasteiger charge is 1.95. The van der Waals surface area contributed by atoms with Crippen LogP contribution in [0.2, 0.25) is 0 Å². The van der Waals surface area contributed by atoms with Crippen LogP contribution in [0.1, 0.15) is 75.7 Å². The molecule has 0 nitrogen and oxygen atoms in total. The molecule has 0 heterocycles. The van der Waals surface area contributed by atoms with Crippen LogP contribution in [0.15, 0.2) is 97.1 Å². The molecule has 0 aromatic heterocycles. The molecule has 0 saturated carbocycles. The lowest BCUT2D eigenvalue weighted by Gasteiger charge is -2.05. The molecule has 0 unspecified atom stereocenters. The van der Waals surface area contributed by atoms with Gasteiger partial charge in [0.1, 0.15) is 0 Å². The number of benzene rings is 4. The molecule has 0 aliphatic carbocycles. The highest BCUT2D eigenvalue weighted by molar-refractivity contribution is 5.82. The normalized spacial score (nSPS) is 9.06. The van der Waals surface area contributed by atoms with E-state index in [0.29, 0.717) is 5.41 Å². The van der Waals surface area contributed by atoms with E-state index in [1.54, 1.807) is 0 Å². The molecule has 0 aliphatic heterocycles. The molecule has 0 atom stereocenters. The third kappa shape index (κ3) is 17.1. The van der Waals surface area contributed by atoms with Crippen molar-refractivity contribution >= 4 is 21.5 Å². The fourth-order valence-corrected chi connectivity index (χ4v) is 2.27. The van der Waals surface area contributed by atoms with Gasteiger partial charge in [-0.25, -0.2) is 0 Å². The monoisotopic (exact) mass is 432 g/mol. The first-order valence-corrected chi connectivity index (χ1v) is 12.2. The van der Waals surface area contributed by atoms with Crippen molar-refractivity contribution in [1.82, 2.24) is 0 Å². The van der Waals surface area contributed by atoms with Gasteiger partial charge in [-0.3, -0.25) is 0 Å². The molecule has 0 bridgehead atoms. The number of hydrogen-bond donors (Lipinski definition) is 0. The zero-order valence-electron chi connectivity index (χ0n) is 22.4.